The lowest BCUT2D eigenvalue weighted by molar-refractivity contribution is -0.120. The lowest BCUT2D eigenvalue weighted by atomic mass is 10.1. The molecule has 0 fully saturated rings. The smallest absolute Gasteiger partial charge is 0.224 e. The van der Waals surface area contributed by atoms with Gasteiger partial charge in [-0.1, -0.05) is 30.3 Å². The molecule has 3 rings (SSSR count). The molecule has 0 unspecified atom stereocenters. The number of ether oxygens (including phenoxy) is 1. The van der Waals surface area contributed by atoms with Crippen molar-refractivity contribution in [3.05, 3.63) is 70.5 Å². The molecule has 0 spiro atoms. The lowest BCUT2D eigenvalue weighted by Gasteiger charge is -2.08. The summed E-state index contributed by atoms with van der Waals surface area (Å²) in [5, 5.41) is 3.52. The molecule has 0 aliphatic rings. The predicted octanol–water partition coefficient (Wildman–Crippen LogP) is 4.13. The number of aryl methyl sites for hydroxylation is 1. The summed E-state index contributed by atoms with van der Waals surface area (Å²) in [7, 11) is 1.58. The number of aromatic nitrogens is 1. The highest BCUT2D eigenvalue weighted by atomic mass is 32.1. The van der Waals surface area contributed by atoms with Crippen LogP contribution in [0.15, 0.2) is 48.5 Å². The Hall–Kier alpha value is -2.73. The summed E-state index contributed by atoms with van der Waals surface area (Å²) < 4.78 is 19.2. The molecule has 1 aromatic heterocycles. The summed E-state index contributed by atoms with van der Waals surface area (Å²) in [5.74, 6) is 0.293. The van der Waals surface area contributed by atoms with Gasteiger partial charge in [0, 0.05) is 16.0 Å². The number of amides is 1. The Labute approximate surface area is 155 Å². The monoisotopic (exact) mass is 370 g/mol. The molecule has 26 heavy (non-hydrogen) atoms. The van der Waals surface area contributed by atoms with E-state index >= 15 is 0 Å². The van der Waals surface area contributed by atoms with Crippen molar-refractivity contribution in [3.63, 3.8) is 0 Å². The average molecular weight is 370 g/mol. The Bertz CT molecular complexity index is 924. The number of hydrogen-bond acceptors (Lipinski definition) is 4. The summed E-state index contributed by atoms with van der Waals surface area (Å²) >= 11 is 1.39. The zero-order valence-corrected chi connectivity index (χ0v) is 15.4. The van der Waals surface area contributed by atoms with Crippen molar-refractivity contribution in [2.45, 2.75) is 19.9 Å². The third-order valence-electron chi connectivity index (χ3n) is 3.99. The highest BCUT2D eigenvalue weighted by Crippen LogP contribution is 2.29. The molecule has 1 N–H and O–H groups in total. The standard InChI is InChI=1S/C20H19FN2O2S/c1-13-18(26-20(23-13)15-8-4-5-9-16(15)21)12-22-19(24)11-14-7-3-6-10-17(14)25-2/h3-10H,11-12H2,1-2H3,(H,22,24). The van der Waals surface area contributed by atoms with Gasteiger partial charge in [0.2, 0.25) is 5.91 Å². The minimum absolute atomic E-state index is 0.102. The van der Waals surface area contributed by atoms with Crippen LogP contribution in [0.4, 0.5) is 4.39 Å². The number of carbonyl (C=O) groups is 1. The summed E-state index contributed by atoms with van der Waals surface area (Å²) in [6.07, 6.45) is 0.238. The highest BCUT2D eigenvalue weighted by molar-refractivity contribution is 7.15. The van der Waals surface area contributed by atoms with Crippen molar-refractivity contribution in [2.24, 2.45) is 0 Å². The Morgan fingerprint density at radius 2 is 1.92 bits per heavy atom. The van der Waals surface area contributed by atoms with Crippen LogP contribution in [0.1, 0.15) is 16.1 Å². The van der Waals surface area contributed by atoms with E-state index in [0.717, 1.165) is 16.1 Å². The second kappa shape index (κ2) is 8.10. The molecule has 0 aliphatic carbocycles. The van der Waals surface area contributed by atoms with Crippen LogP contribution in [-0.4, -0.2) is 18.0 Å². The SMILES string of the molecule is COc1ccccc1CC(=O)NCc1sc(-c2ccccc2F)nc1C. The van der Waals surface area contributed by atoms with Gasteiger partial charge in [0.25, 0.3) is 0 Å². The number of para-hydroxylation sites is 1. The Balaban J connectivity index is 1.67. The molecule has 0 bridgehead atoms. The van der Waals surface area contributed by atoms with Gasteiger partial charge in [-0.2, -0.15) is 0 Å². The number of carbonyl (C=O) groups excluding carboxylic acids is 1. The van der Waals surface area contributed by atoms with Crippen LogP contribution < -0.4 is 10.1 Å². The average Bonchev–Trinajstić information content (AvgIpc) is 3.01. The Morgan fingerprint density at radius 3 is 2.69 bits per heavy atom. The molecular formula is C20H19FN2O2S. The molecule has 3 aromatic rings. The first-order valence-electron chi connectivity index (χ1n) is 8.18. The molecule has 6 heteroatoms. The molecule has 0 saturated carbocycles. The largest absolute Gasteiger partial charge is 0.496 e. The summed E-state index contributed by atoms with van der Waals surface area (Å²) in [6.45, 7) is 2.23. The van der Waals surface area contributed by atoms with E-state index in [1.165, 1.54) is 17.4 Å². The van der Waals surface area contributed by atoms with E-state index in [0.29, 0.717) is 22.9 Å². The van der Waals surface area contributed by atoms with E-state index in [9.17, 15) is 9.18 Å². The van der Waals surface area contributed by atoms with Crippen molar-refractivity contribution in [2.75, 3.05) is 7.11 Å². The second-order valence-corrected chi connectivity index (χ2v) is 6.86. The molecule has 1 amide bonds. The molecule has 134 valence electrons. The predicted molar refractivity (Wildman–Crippen MR) is 101 cm³/mol. The summed E-state index contributed by atoms with van der Waals surface area (Å²) in [5.41, 5.74) is 2.11. The topological polar surface area (TPSA) is 51.2 Å². The molecule has 0 atom stereocenters. The third kappa shape index (κ3) is 4.08. The highest BCUT2D eigenvalue weighted by Gasteiger charge is 2.14. The van der Waals surface area contributed by atoms with Crippen LogP contribution in [-0.2, 0) is 17.8 Å². The fourth-order valence-electron chi connectivity index (χ4n) is 2.61. The van der Waals surface area contributed by atoms with Crippen LogP contribution >= 0.6 is 11.3 Å². The maximum Gasteiger partial charge on any atom is 0.224 e. The Kier molecular flexibility index (Phi) is 5.63. The Morgan fingerprint density at radius 1 is 1.19 bits per heavy atom. The van der Waals surface area contributed by atoms with E-state index in [1.54, 1.807) is 25.3 Å². The van der Waals surface area contributed by atoms with Crippen LogP contribution in [0.3, 0.4) is 0 Å². The maximum atomic E-state index is 13.9. The zero-order chi connectivity index (χ0) is 18.5. The quantitative estimate of drug-likeness (QED) is 0.710. The summed E-state index contributed by atoms with van der Waals surface area (Å²) in [4.78, 5) is 17.6. The van der Waals surface area contributed by atoms with Gasteiger partial charge in [-0.25, -0.2) is 9.37 Å². The molecule has 0 radical (unpaired) electrons. The number of halogens is 1. The number of thiazole rings is 1. The van der Waals surface area contributed by atoms with E-state index in [1.807, 2.05) is 31.2 Å². The van der Waals surface area contributed by atoms with Crippen molar-refractivity contribution in [1.29, 1.82) is 0 Å². The third-order valence-corrected chi connectivity index (χ3v) is 5.18. The number of methoxy groups -OCH3 is 1. The van der Waals surface area contributed by atoms with E-state index in [4.69, 9.17) is 4.74 Å². The van der Waals surface area contributed by atoms with Gasteiger partial charge >= 0.3 is 0 Å². The number of hydrogen-bond donors (Lipinski definition) is 1. The second-order valence-electron chi connectivity index (χ2n) is 5.77. The number of benzene rings is 2. The minimum Gasteiger partial charge on any atom is -0.496 e. The van der Waals surface area contributed by atoms with Gasteiger partial charge in [-0.15, -0.1) is 11.3 Å². The number of nitrogens with zero attached hydrogens (tertiary/aromatic N) is 1. The number of rotatable bonds is 6. The maximum absolute atomic E-state index is 13.9. The van der Waals surface area contributed by atoms with Crippen LogP contribution in [0.25, 0.3) is 10.6 Å². The molecular weight excluding hydrogens is 351 g/mol. The number of nitrogens with one attached hydrogen (secondary N) is 1. The van der Waals surface area contributed by atoms with Gasteiger partial charge < -0.3 is 10.1 Å². The van der Waals surface area contributed by atoms with E-state index in [-0.39, 0.29) is 18.1 Å². The molecule has 2 aromatic carbocycles. The van der Waals surface area contributed by atoms with Gasteiger partial charge in [-0.05, 0) is 25.1 Å². The van der Waals surface area contributed by atoms with Crippen molar-refractivity contribution in [1.82, 2.24) is 10.3 Å². The molecule has 0 saturated heterocycles. The fourth-order valence-corrected chi connectivity index (χ4v) is 3.63. The van der Waals surface area contributed by atoms with Crippen molar-refractivity contribution < 1.29 is 13.9 Å². The van der Waals surface area contributed by atoms with Crippen molar-refractivity contribution >= 4 is 17.2 Å². The lowest BCUT2D eigenvalue weighted by Crippen LogP contribution is -2.24. The van der Waals surface area contributed by atoms with Gasteiger partial charge in [0.15, 0.2) is 0 Å². The summed E-state index contributed by atoms with van der Waals surface area (Å²) in [6, 6.07) is 14.0. The minimum atomic E-state index is -0.298. The zero-order valence-electron chi connectivity index (χ0n) is 14.6. The molecule has 1 heterocycles. The normalized spacial score (nSPS) is 10.6. The van der Waals surface area contributed by atoms with Crippen LogP contribution in [0.2, 0.25) is 0 Å². The van der Waals surface area contributed by atoms with Crippen LogP contribution in [0, 0.1) is 12.7 Å². The first-order valence-corrected chi connectivity index (χ1v) is 9.00. The molecule has 4 nitrogen and oxygen atoms in total. The first kappa shape index (κ1) is 18.1. The van der Waals surface area contributed by atoms with Crippen LogP contribution in [0.5, 0.6) is 5.75 Å². The van der Waals surface area contributed by atoms with Gasteiger partial charge in [0.05, 0.1) is 25.8 Å². The van der Waals surface area contributed by atoms with Crippen molar-refractivity contribution in [3.8, 4) is 16.3 Å². The molecule has 0 aliphatic heterocycles. The fraction of sp³-hybridized carbons (Fsp3) is 0.200. The van der Waals surface area contributed by atoms with Gasteiger partial charge in [0.1, 0.15) is 16.6 Å². The van der Waals surface area contributed by atoms with E-state index < -0.39 is 0 Å². The van der Waals surface area contributed by atoms with E-state index in [2.05, 4.69) is 10.3 Å². The first-order chi connectivity index (χ1) is 12.6. The van der Waals surface area contributed by atoms with Gasteiger partial charge in [-0.3, -0.25) is 4.79 Å².